The molecule has 1 saturated heterocycles. The molecule has 1 heterocycles. The summed E-state index contributed by atoms with van der Waals surface area (Å²) in [7, 11) is -3.69. The zero-order valence-corrected chi connectivity index (χ0v) is 16.3. The number of aryl methyl sites for hydroxylation is 2. The Balaban J connectivity index is 1.89. The van der Waals surface area contributed by atoms with E-state index < -0.39 is 10.0 Å². The van der Waals surface area contributed by atoms with E-state index in [1.807, 2.05) is 32.0 Å². The van der Waals surface area contributed by atoms with Crippen molar-refractivity contribution in [3.05, 3.63) is 58.1 Å². The van der Waals surface area contributed by atoms with Crippen LogP contribution in [0.1, 0.15) is 34.3 Å². The fourth-order valence-corrected chi connectivity index (χ4v) is 4.95. The standard InChI is InChI=1S/C19H21ClN2O3S/c1-13-5-7-16(11-14(13)2)21-19(23)15-6-8-17(20)18(12-15)26(24,25)22-9-3-4-10-22/h5-8,11-12H,3-4,9-10H2,1-2H3,(H,21,23). The van der Waals surface area contributed by atoms with Gasteiger partial charge in [-0.2, -0.15) is 4.31 Å². The maximum Gasteiger partial charge on any atom is 0.255 e. The Labute approximate surface area is 159 Å². The largest absolute Gasteiger partial charge is 0.322 e. The Morgan fingerprint density at radius 3 is 2.38 bits per heavy atom. The molecule has 0 spiro atoms. The fraction of sp³-hybridized carbons (Fsp3) is 0.316. The summed E-state index contributed by atoms with van der Waals surface area (Å²) >= 11 is 6.12. The second-order valence-electron chi connectivity index (χ2n) is 6.51. The highest BCUT2D eigenvalue weighted by atomic mass is 35.5. The fourth-order valence-electron chi connectivity index (χ4n) is 2.93. The molecule has 2 aromatic carbocycles. The number of nitrogens with one attached hydrogen (secondary N) is 1. The van der Waals surface area contributed by atoms with Gasteiger partial charge in [0.1, 0.15) is 4.90 Å². The van der Waals surface area contributed by atoms with E-state index in [9.17, 15) is 13.2 Å². The number of nitrogens with zero attached hydrogens (tertiary/aromatic N) is 1. The number of benzene rings is 2. The lowest BCUT2D eigenvalue weighted by Crippen LogP contribution is -2.28. The Bertz CT molecular complexity index is 951. The molecule has 2 aromatic rings. The van der Waals surface area contributed by atoms with Crippen LogP contribution in [0.15, 0.2) is 41.3 Å². The zero-order valence-electron chi connectivity index (χ0n) is 14.8. The van der Waals surface area contributed by atoms with E-state index in [-0.39, 0.29) is 21.4 Å². The van der Waals surface area contributed by atoms with Crippen molar-refractivity contribution in [1.29, 1.82) is 0 Å². The van der Waals surface area contributed by atoms with Crippen molar-refractivity contribution in [3.63, 3.8) is 0 Å². The van der Waals surface area contributed by atoms with Gasteiger partial charge in [-0.1, -0.05) is 17.7 Å². The first-order valence-corrected chi connectivity index (χ1v) is 10.3. The van der Waals surface area contributed by atoms with Crippen LogP contribution in [-0.4, -0.2) is 31.7 Å². The Morgan fingerprint density at radius 1 is 1.04 bits per heavy atom. The molecule has 0 bridgehead atoms. The summed E-state index contributed by atoms with van der Waals surface area (Å²) in [6.45, 7) is 4.93. The van der Waals surface area contributed by atoms with Gasteiger partial charge in [0.25, 0.3) is 5.91 Å². The Hall–Kier alpha value is -1.89. The first kappa shape index (κ1) is 18.9. The van der Waals surface area contributed by atoms with Crippen LogP contribution in [0.25, 0.3) is 0 Å². The summed E-state index contributed by atoms with van der Waals surface area (Å²) in [6, 6.07) is 9.97. The van der Waals surface area contributed by atoms with Crippen molar-refractivity contribution in [2.75, 3.05) is 18.4 Å². The highest BCUT2D eigenvalue weighted by Crippen LogP contribution is 2.28. The molecule has 1 aliphatic heterocycles. The van der Waals surface area contributed by atoms with Gasteiger partial charge in [0.15, 0.2) is 0 Å². The van der Waals surface area contributed by atoms with E-state index >= 15 is 0 Å². The van der Waals surface area contributed by atoms with Gasteiger partial charge in [-0.25, -0.2) is 8.42 Å². The second kappa shape index (κ2) is 7.39. The third-order valence-electron chi connectivity index (χ3n) is 4.64. The molecule has 3 rings (SSSR count). The SMILES string of the molecule is Cc1ccc(NC(=O)c2ccc(Cl)c(S(=O)(=O)N3CCCC3)c2)cc1C. The number of anilines is 1. The average Bonchev–Trinajstić information content (AvgIpc) is 3.14. The zero-order chi connectivity index (χ0) is 18.9. The predicted molar refractivity (Wildman–Crippen MR) is 103 cm³/mol. The number of amides is 1. The van der Waals surface area contributed by atoms with Crippen molar-refractivity contribution >= 4 is 33.2 Å². The molecule has 0 atom stereocenters. The van der Waals surface area contributed by atoms with Crippen LogP contribution >= 0.6 is 11.6 Å². The minimum absolute atomic E-state index is 0.0196. The molecule has 5 nitrogen and oxygen atoms in total. The molecule has 1 aliphatic rings. The molecule has 0 radical (unpaired) electrons. The normalized spacial score (nSPS) is 15.2. The molecule has 138 valence electrons. The molecule has 0 aliphatic carbocycles. The predicted octanol–water partition coefficient (Wildman–Crippen LogP) is 3.99. The monoisotopic (exact) mass is 392 g/mol. The van der Waals surface area contributed by atoms with E-state index in [1.165, 1.54) is 22.5 Å². The quantitative estimate of drug-likeness (QED) is 0.855. The van der Waals surface area contributed by atoms with Gasteiger partial charge >= 0.3 is 0 Å². The molecule has 0 unspecified atom stereocenters. The van der Waals surface area contributed by atoms with E-state index in [1.54, 1.807) is 0 Å². The third-order valence-corrected chi connectivity index (χ3v) is 7.02. The number of sulfonamides is 1. The lowest BCUT2D eigenvalue weighted by atomic mass is 10.1. The van der Waals surface area contributed by atoms with Gasteiger partial charge in [-0.05, 0) is 68.1 Å². The van der Waals surface area contributed by atoms with Gasteiger partial charge in [-0.15, -0.1) is 0 Å². The van der Waals surface area contributed by atoms with E-state index in [0.717, 1.165) is 24.0 Å². The smallest absolute Gasteiger partial charge is 0.255 e. The summed E-state index contributed by atoms with van der Waals surface area (Å²) in [5.41, 5.74) is 3.12. The molecule has 1 amide bonds. The van der Waals surface area contributed by atoms with E-state index in [2.05, 4.69) is 5.32 Å². The summed E-state index contributed by atoms with van der Waals surface area (Å²) in [4.78, 5) is 12.5. The number of hydrogen-bond acceptors (Lipinski definition) is 3. The van der Waals surface area contributed by atoms with Crippen LogP contribution in [0.3, 0.4) is 0 Å². The van der Waals surface area contributed by atoms with Crippen LogP contribution in [0.2, 0.25) is 5.02 Å². The van der Waals surface area contributed by atoms with Crippen molar-refractivity contribution in [2.24, 2.45) is 0 Å². The van der Waals surface area contributed by atoms with Crippen molar-refractivity contribution in [2.45, 2.75) is 31.6 Å². The summed E-state index contributed by atoms with van der Waals surface area (Å²) in [6.07, 6.45) is 1.67. The van der Waals surface area contributed by atoms with Crippen molar-refractivity contribution < 1.29 is 13.2 Å². The summed E-state index contributed by atoms with van der Waals surface area (Å²) < 4.78 is 27.0. The molecular weight excluding hydrogens is 372 g/mol. The van der Waals surface area contributed by atoms with Crippen LogP contribution < -0.4 is 5.32 Å². The summed E-state index contributed by atoms with van der Waals surface area (Å²) in [5, 5.41) is 2.93. The second-order valence-corrected chi connectivity index (χ2v) is 8.82. The highest BCUT2D eigenvalue weighted by molar-refractivity contribution is 7.89. The van der Waals surface area contributed by atoms with Crippen LogP contribution in [0.5, 0.6) is 0 Å². The van der Waals surface area contributed by atoms with Crippen molar-refractivity contribution in [1.82, 2.24) is 4.31 Å². The number of rotatable bonds is 4. The molecule has 7 heteroatoms. The number of halogens is 1. The molecule has 26 heavy (non-hydrogen) atoms. The van der Waals surface area contributed by atoms with Gasteiger partial charge < -0.3 is 5.32 Å². The minimum atomic E-state index is -3.69. The van der Waals surface area contributed by atoms with E-state index in [4.69, 9.17) is 11.6 Å². The third kappa shape index (κ3) is 3.77. The van der Waals surface area contributed by atoms with Gasteiger partial charge in [0.05, 0.1) is 5.02 Å². The summed E-state index contributed by atoms with van der Waals surface area (Å²) in [5.74, 6) is -0.372. The first-order valence-electron chi connectivity index (χ1n) is 8.47. The Morgan fingerprint density at radius 2 is 1.73 bits per heavy atom. The minimum Gasteiger partial charge on any atom is -0.322 e. The van der Waals surface area contributed by atoms with E-state index in [0.29, 0.717) is 18.8 Å². The van der Waals surface area contributed by atoms with Gasteiger partial charge in [0.2, 0.25) is 10.0 Å². The molecule has 1 N–H and O–H groups in total. The van der Waals surface area contributed by atoms with Gasteiger partial charge in [-0.3, -0.25) is 4.79 Å². The molecule has 0 aromatic heterocycles. The molecule has 1 fully saturated rings. The lowest BCUT2D eigenvalue weighted by Gasteiger charge is -2.17. The highest BCUT2D eigenvalue weighted by Gasteiger charge is 2.29. The van der Waals surface area contributed by atoms with Crippen LogP contribution in [0.4, 0.5) is 5.69 Å². The Kier molecular flexibility index (Phi) is 5.37. The number of hydrogen-bond donors (Lipinski definition) is 1. The number of carbonyl (C=O) groups is 1. The van der Waals surface area contributed by atoms with Gasteiger partial charge in [0, 0.05) is 24.3 Å². The average molecular weight is 393 g/mol. The number of carbonyl (C=O) groups excluding carboxylic acids is 1. The molecule has 0 saturated carbocycles. The maximum absolute atomic E-state index is 12.8. The lowest BCUT2D eigenvalue weighted by molar-refractivity contribution is 0.102. The molecular formula is C19H21ClN2O3S. The van der Waals surface area contributed by atoms with Crippen molar-refractivity contribution in [3.8, 4) is 0 Å². The first-order chi connectivity index (χ1) is 12.3. The maximum atomic E-state index is 12.8. The van der Waals surface area contributed by atoms with Crippen LogP contribution in [0, 0.1) is 13.8 Å². The van der Waals surface area contributed by atoms with Crippen LogP contribution in [-0.2, 0) is 10.0 Å². The topological polar surface area (TPSA) is 66.5 Å².